The first-order valence-corrected chi connectivity index (χ1v) is 11.8. The Morgan fingerprint density at radius 1 is 1.11 bits per heavy atom. The number of rotatable bonds is 2. The van der Waals surface area contributed by atoms with E-state index in [2.05, 4.69) is 20.8 Å². The second-order valence-electron chi connectivity index (χ2n) is 9.12. The van der Waals surface area contributed by atoms with Gasteiger partial charge in [0.15, 0.2) is 0 Å². The Morgan fingerprint density at radius 3 is 2.83 bits per heavy atom. The number of anilines is 1. The van der Waals surface area contributed by atoms with Crippen LogP contribution < -0.4 is 16.2 Å². The van der Waals surface area contributed by atoms with Crippen LogP contribution in [-0.4, -0.2) is 39.6 Å². The molecule has 2 atom stereocenters. The Hall–Kier alpha value is -3.72. The summed E-state index contributed by atoms with van der Waals surface area (Å²) in [6.45, 7) is 0.552. The molecule has 3 N–H and O–H groups in total. The molecule has 3 aliphatic heterocycles. The summed E-state index contributed by atoms with van der Waals surface area (Å²) in [5.41, 5.74) is 3.94. The number of amides is 3. The van der Waals surface area contributed by atoms with Gasteiger partial charge in [0.1, 0.15) is 5.82 Å². The molecule has 1 aromatic heterocycles. The van der Waals surface area contributed by atoms with Crippen LogP contribution in [0.25, 0.3) is 11.1 Å². The van der Waals surface area contributed by atoms with Gasteiger partial charge in [-0.2, -0.15) is 5.10 Å². The van der Waals surface area contributed by atoms with Crippen LogP contribution in [0.1, 0.15) is 46.1 Å². The van der Waals surface area contributed by atoms with Gasteiger partial charge in [-0.3, -0.25) is 9.59 Å². The Morgan fingerprint density at radius 2 is 1.97 bits per heavy atom. The average molecular weight is 494 g/mol. The van der Waals surface area contributed by atoms with E-state index in [4.69, 9.17) is 11.6 Å². The third-order valence-electron chi connectivity index (χ3n) is 7.07. The molecule has 35 heavy (non-hydrogen) atoms. The molecule has 8 nitrogen and oxygen atoms in total. The Kier molecular flexibility index (Phi) is 5.10. The van der Waals surface area contributed by atoms with Crippen LogP contribution in [0.5, 0.6) is 0 Å². The van der Waals surface area contributed by atoms with Gasteiger partial charge in [-0.15, -0.1) is 0 Å². The van der Waals surface area contributed by atoms with Crippen LogP contribution in [0.4, 0.5) is 14.9 Å². The van der Waals surface area contributed by atoms with E-state index in [1.165, 1.54) is 18.2 Å². The monoisotopic (exact) mass is 493 g/mol. The number of H-pyrrole nitrogens is 1. The van der Waals surface area contributed by atoms with Crippen molar-refractivity contribution < 1.29 is 14.0 Å². The van der Waals surface area contributed by atoms with E-state index in [0.717, 1.165) is 24.0 Å². The molecule has 0 aliphatic carbocycles. The van der Waals surface area contributed by atoms with Crippen LogP contribution >= 0.6 is 11.6 Å². The largest absolute Gasteiger partial charge is 0.352 e. The lowest BCUT2D eigenvalue weighted by Gasteiger charge is -2.35. The van der Waals surface area contributed by atoms with E-state index in [-0.39, 0.29) is 34.3 Å². The van der Waals surface area contributed by atoms with Gasteiger partial charge in [-0.25, -0.2) is 14.3 Å². The SMILES string of the molecule is O=C1NCCc2cc(-c3cc(F)c(NC(=O)N4[C@H]5CC[C@@H]4c4n[nH]c(=O)cc4C5)cc3Cl)ccc21. The number of carbonyl (C=O) groups is 2. The molecule has 3 aromatic rings. The fourth-order valence-electron chi connectivity index (χ4n) is 5.46. The molecule has 178 valence electrons. The normalized spacial score (nSPS) is 20.2. The topological polar surface area (TPSA) is 107 Å². The van der Waals surface area contributed by atoms with E-state index in [9.17, 15) is 14.4 Å². The fourth-order valence-corrected chi connectivity index (χ4v) is 5.73. The van der Waals surface area contributed by atoms with Crippen molar-refractivity contribution in [1.82, 2.24) is 20.4 Å². The quantitative estimate of drug-likeness (QED) is 0.504. The molecule has 0 radical (unpaired) electrons. The molecule has 6 rings (SSSR count). The molecule has 3 aliphatic rings. The van der Waals surface area contributed by atoms with Gasteiger partial charge in [0, 0.05) is 29.8 Å². The van der Waals surface area contributed by atoms with Crippen molar-refractivity contribution in [3.8, 4) is 11.1 Å². The van der Waals surface area contributed by atoms with Gasteiger partial charge < -0.3 is 15.5 Å². The van der Waals surface area contributed by atoms with Gasteiger partial charge in [-0.1, -0.05) is 23.7 Å². The number of urea groups is 1. The summed E-state index contributed by atoms with van der Waals surface area (Å²) in [4.78, 5) is 38.5. The Labute approximate surface area is 204 Å². The zero-order valence-corrected chi connectivity index (χ0v) is 19.3. The lowest BCUT2D eigenvalue weighted by molar-refractivity contribution is 0.0946. The highest BCUT2D eigenvalue weighted by molar-refractivity contribution is 6.33. The number of halogens is 2. The zero-order valence-electron chi connectivity index (χ0n) is 18.5. The molecule has 10 heteroatoms. The van der Waals surface area contributed by atoms with Crippen molar-refractivity contribution in [3.63, 3.8) is 0 Å². The van der Waals surface area contributed by atoms with Crippen molar-refractivity contribution in [2.45, 2.75) is 37.8 Å². The third kappa shape index (κ3) is 3.67. The standard InChI is InChI=1S/C25H21ClFN5O3/c26-18-11-20(19(27)10-17(18)12-1-3-16-13(7-12)5-6-28-24(16)34)29-25(35)32-15-2-4-21(32)23-14(8-15)9-22(33)30-31-23/h1,3,7,9-11,15,21H,2,4-6,8H2,(H,28,34)(H,29,35)(H,30,33)/t15-,21+/m0/s1. The Balaban J connectivity index is 1.26. The first kappa shape index (κ1) is 21.8. The number of fused-ring (bicyclic) bond motifs is 5. The van der Waals surface area contributed by atoms with Crippen molar-refractivity contribution in [1.29, 1.82) is 0 Å². The van der Waals surface area contributed by atoms with Crippen LogP contribution in [0.15, 0.2) is 41.2 Å². The summed E-state index contributed by atoms with van der Waals surface area (Å²) in [5, 5.41) is 12.4. The molecule has 1 fully saturated rings. The predicted molar refractivity (Wildman–Crippen MR) is 128 cm³/mol. The summed E-state index contributed by atoms with van der Waals surface area (Å²) in [5.74, 6) is -0.732. The van der Waals surface area contributed by atoms with Gasteiger partial charge in [0.2, 0.25) is 0 Å². The number of nitrogens with one attached hydrogen (secondary N) is 3. The van der Waals surface area contributed by atoms with E-state index < -0.39 is 11.8 Å². The van der Waals surface area contributed by atoms with E-state index in [1.54, 1.807) is 17.0 Å². The number of carbonyl (C=O) groups excluding carboxylic acids is 2. The molecule has 0 spiro atoms. The van der Waals surface area contributed by atoms with Crippen LogP contribution in [-0.2, 0) is 12.8 Å². The van der Waals surface area contributed by atoms with Crippen LogP contribution in [0.3, 0.4) is 0 Å². The van der Waals surface area contributed by atoms with Crippen molar-refractivity contribution in [3.05, 3.63) is 80.0 Å². The van der Waals surface area contributed by atoms with Gasteiger partial charge in [0.25, 0.3) is 11.5 Å². The summed E-state index contributed by atoms with van der Waals surface area (Å²) < 4.78 is 15.1. The van der Waals surface area contributed by atoms with Gasteiger partial charge in [0.05, 0.1) is 22.4 Å². The number of benzene rings is 2. The van der Waals surface area contributed by atoms with Crippen LogP contribution in [0.2, 0.25) is 5.02 Å². The molecule has 2 bridgehead atoms. The highest BCUT2D eigenvalue weighted by Gasteiger charge is 2.44. The number of nitrogens with zero attached hydrogens (tertiary/aromatic N) is 2. The second-order valence-corrected chi connectivity index (χ2v) is 9.53. The minimum absolute atomic E-state index is 0.0132. The molecule has 1 saturated heterocycles. The maximum Gasteiger partial charge on any atom is 0.322 e. The van der Waals surface area contributed by atoms with Gasteiger partial charge >= 0.3 is 6.03 Å². The summed E-state index contributed by atoms with van der Waals surface area (Å²) in [6, 6.07) is 8.77. The number of aromatic nitrogens is 2. The molecular formula is C25H21ClFN5O3. The van der Waals surface area contributed by atoms with Crippen LogP contribution in [0, 0.1) is 5.82 Å². The minimum atomic E-state index is -0.611. The minimum Gasteiger partial charge on any atom is -0.352 e. The molecule has 4 heterocycles. The number of aromatic amines is 1. The zero-order chi connectivity index (χ0) is 24.3. The summed E-state index contributed by atoms with van der Waals surface area (Å²) >= 11 is 6.51. The van der Waals surface area contributed by atoms with Crippen molar-refractivity contribution in [2.24, 2.45) is 0 Å². The van der Waals surface area contributed by atoms with Crippen molar-refractivity contribution in [2.75, 3.05) is 11.9 Å². The molecule has 0 saturated carbocycles. The smallest absolute Gasteiger partial charge is 0.322 e. The molecule has 2 aromatic carbocycles. The predicted octanol–water partition coefficient (Wildman–Crippen LogP) is 3.81. The second kappa shape index (κ2) is 8.20. The maximum absolute atomic E-state index is 15.1. The summed E-state index contributed by atoms with van der Waals surface area (Å²) in [6.07, 6.45) is 2.73. The highest BCUT2D eigenvalue weighted by Crippen LogP contribution is 2.43. The first-order chi connectivity index (χ1) is 16.9. The molecule has 0 unspecified atom stereocenters. The lowest BCUT2D eigenvalue weighted by Crippen LogP contribution is -2.45. The Bertz CT molecular complexity index is 1460. The number of hydrogen-bond donors (Lipinski definition) is 3. The fraction of sp³-hybridized carbons (Fsp3) is 0.280. The molecule has 3 amide bonds. The maximum atomic E-state index is 15.1. The lowest BCUT2D eigenvalue weighted by atomic mass is 9.95. The van der Waals surface area contributed by atoms with E-state index in [0.29, 0.717) is 41.8 Å². The van der Waals surface area contributed by atoms with Crippen molar-refractivity contribution >= 4 is 29.2 Å². The van der Waals surface area contributed by atoms with E-state index >= 15 is 4.39 Å². The summed E-state index contributed by atoms with van der Waals surface area (Å²) in [7, 11) is 0. The third-order valence-corrected chi connectivity index (χ3v) is 7.38. The van der Waals surface area contributed by atoms with E-state index in [1.807, 2.05) is 6.07 Å². The average Bonchev–Trinajstić information content (AvgIpc) is 3.16. The number of hydrogen-bond acceptors (Lipinski definition) is 4. The molecular weight excluding hydrogens is 473 g/mol. The highest BCUT2D eigenvalue weighted by atomic mass is 35.5. The first-order valence-electron chi connectivity index (χ1n) is 11.5. The van der Waals surface area contributed by atoms with Gasteiger partial charge in [-0.05, 0) is 60.6 Å².